The van der Waals surface area contributed by atoms with Gasteiger partial charge < -0.3 is 10.1 Å². The fourth-order valence-electron chi connectivity index (χ4n) is 2.55. The van der Waals surface area contributed by atoms with Crippen LogP contribution in [-0.4, -0.2) is 62.1 Å². The third-order valence-electron chi connectivity index (χ3n) is 3.83. The van der Waals surface area contributed by atoms with Gasteiger partial charge in [0.25, 0.3) is 0 Å². The molecule has 0 bridgehead atoms. The number of amides is 1. The lowest BCUT2D eigenvalue weighted by atomic mass is 10.2. The zero-order valence-electron chi connectivity index (χ0n) is 13.0. The predicted octanol–water partition coefficient (Wildman–Crippen LogP) is 0.949. The van der Waals surface area contributed by atoms with Crippen molar-refractivity contribution in [3.05, 3.63) is 29.8 Å². The SMILES string of the molecule is COc1ccc(CN2CCN(CCNC(C)=O)CC2)cc1. The summed E-state index contributed by atoms with van der Waals surface area (Å²) in [5, 5.41) is 2.85. The molecule has 1 saturated heterocycles. The van der Waals surface area contributed by atoms with Crippen LogP contribution in [0.4, 0.5) is 0 Å². The number of hydrogen-bond donors (Lipinski definition) is 1. The summed E-state index contributed by atoms with van der Waals surface area (Å²) in [6.45, 7) is 8.52. The smallest absolute Gasteiger partial charge is 0.216 e. The lowest BCUT2D eigenvalue weighted by Gasteiger charge is -2.34. The van der Waals surface area contributed by atoms with Gasteiger partial charge >= 0.3 is 0 Å². The summed E-state index contributed by atoms with van der Waals surface area (Å²) in [6, 6.07) is 8.28. The first-order valence-corrected chi connectivity index (χ1v) is 7.49. The van der Waals surface area contributed by atoms with Crippen LogP contribution in [0, 0.1) is 0 Å². The zero-order valence-corrected chi connectivity index (χ0v) is 13.0. The Bertz CT molecular complexity index is 439. The Hall–Kier alpha value is -1.59. The van der Waals surface area contributed by atoms with Crippen LogP contribution in [0.25, 0.3) is 0 Å². The van der Waals surface area contributed by atoms with Gasteiger partial charge in [-0.1, -0.05) is 12.1 Å². The van der Waals surface area contributed by atoms with E-state index in [0.717, 1.165) is 51.6 Å². The summed E-state index contributed by atoms with van der Waals surface area (Å²) in [6.07, 6.45) is 0. The maximum Gasteiger partial charge on any atom is 0.216 e. The Morgan fingerprint density at radius 2 is 1.76 bits per heavy atom. The lowest BCUT2D eigenvalue weighted by molar-refractivity contribution is -0.119. The lowest BCUT2D eigenvalue weighted by Crippen LogP contribution is -2.47. The molecule has 0 aromatic heterocycles. The molecule has 1 aromatic rings. The van der Waals surface area contributed by atoms with E-state index < -0.39 is 0 Å². The van der Waals surface area contributed by atoms with Gasteiger partial charge in [0, 0.05) is 52.7 Å². The number of rotatable bonds is 6. The van der Waals surface area contributed by atoms with Crippen molar-refractivity contribution in [1.29, 1.82) is 0 Å². The van der Waals surface area contributed by atoms with E-state index in [1.54, 1.807) is 14.0 Å². The van der Waals surface area contributed by atoms with Gasteiger partial charge in [0.1, 0.15) is 5.75 Å². The molecule has 5 nitrogen and oxygen atoms in total. The number of nitrogens with one attached hydrogen (secondary N) is 1. The van der Waals surface area contributed by atoms with Crippen molar-refractivity contribution in [3.8, 4) is 5.75 Å². The van der Waals surface area contributed by atoms with Gasteiger partial charge in [0.15, 0.2) is 0 Å². The van der Waals surface area contributed by atoms with Crippen LogP contribution >= 0.6 is 0 Å². The summed E-state index contributed by atoms with van der Waals surface area (Å²) < 4.78 is 5.18. The van der Waals surface area contributed by atoms with Crippen LogP contribution in [0.15, 0.2) is 24.3 Å². The number of carbonyl (C=O) groups excluding carboxylic acids is 1. The van der Waals surface area contributed by atoms with E-state index in [1.165, 1.54) is 5.56 Å². The third kappa shape index (κ3) is 5.36. The van der Waals surface area contributed by atoms with E-state index in [1.807, 2.05) is 12.1 Å². The quantitative estimate of drug-likeness (QED) is 0.847. The molecule has 116 valence electrons. The summed E-state index contributed by atoms with van der Waals surface area (Å²) >= 11 is 0. The molecule has 0 atom stereocenters. The number of carbonyl (C=O) groups is 1. The Labute approximate surface area is 126 Å². The van der Waals surface area contributed by atoms with Gasteiger partial charge in [-0.2, -0.15) is 0 Å². The predicted molar refractivity (Wildman–Crippen MR) is 83.4 cm³/mol. The average Bonchev–Trinajstić information content (AvgIpc) is 2.49. The Morgan fingerprint density at radius 3 is 2.33 bits per heavy atom. The molecule has 0 spiro atoms. The molecule has 1 heterocycles. The molecule has 1 N–H and O–H groups in total. The van der Waals surface area contributed by atoms with Gasteiger partial charge in [-0.15, -0.1) is 0 Å². The van der Waals surface area contributed by atoms with Gasteiger partial charge in [-0.25, -0.2) is 0 Å². The molecular weight excluding hydrogens is 266 g/mol. The molecule has 1 aromatic carbocycles. The topological polar surface area (TPSA) is 44.8 Å². The minimum absolute atomic E-state index is 0.0492. The van der Waals surface area contributed by atoms with Crippen LogP contribution in [0.5, 0.6) is 5.75 Å². The van der Waals surface area contributed by atoms with Crippen LogP contribution in [0.1, 0.15) is 12.5 Å². The highest BCUT2D eigenvalue weighted by atomic mass is 16.5. The Kier molecular flexibility index (Phi) is 6.02. The van der Waals surface area contributed by atoms with Crippen molar-refractivity contribution in [2.24, 2.45) is 0 Å². The highest BCUT2D eigenvalue weighted by Gasteiger charge is 2.16. The fraction of sp³-hybridized carbons (Fsp3) is 0.562. The van der Waals surface area contributed by atoms with Crippen molar-refractivity contribution < 1.29 is 9.53 Å². The maximum absolute atomic E-state index is 10.8. The first kappa shape index (κ1) is 15.8. The van der Waals surface area contributed by atoms with E-state index in [0.29, 0.717) is 0 Å². The second kappa shape index (κ2) is 8.00. The van der Waals surface area contributed by atoms with E-state index >= 15 is 0 Å². The number of hydrogen-bond acceptors (Lipinski definition) is 4. The van der Waals surface area contributed by atoms with Crippen molar-refractivity contribution in [1.82, 2.24) is 15.1 Å². The molecule has 1 aliphatic heterocycles. The van der Waals surface area contributed by atoms with Crippen molar-refractivity contribution in [3.63, 3.8) is 0 Å². The largest absolute Gasteiger partial charge is 0.497 e. The van der Waals surface area contributed by atoms with Crippen LogP contribution in [0.2, 0.25) is 0 Å². The van der Waals surface area contributed by atoms with Crippen LogP contribution in [0.3, 0.4) is 0 Å². The highest BCUT2D eigenvalue weighted by molar-refractivity contribution is 5.72. The van der Waals surface area contributed by atoms with Crippen LogP contribution in [-0.2, 0) is 11.3 Å². The molecule has 1 amide bonds. The van der Waals surface area contributed by atoms with Crippen molar-refractivity contribution >= 4 is 5.91 Å². The second-order valence-electron chi connectivity index (χ2n) is 5.45. The number of nitrogens with zero attached hydrogens (tertiary/aromatic N) is 2. The second-order valence-corrected chi connectivity index (χ2v) is 5.45. The minimum Gasteiger partial charge on any atom is -0.497 e. The summed E-state index contributed by atoms with van der Waals surface area (Å²) in [5.74, 6) is 0.953. The van der Waals surface area contributed by atoms with Gasteiger partial charge in [-0.05, 0) is 17.7 Å². The number of benzene rings is 1. The van der Waals surface area contributed by atoms with Crippen molar-refractivity contribution in [2.75, 3.05) is 46.4 Å². The van der Waals surface area contributed by atoms with E-state index in [4.69, 9.17) is 4.74 Å². The fourth-order valence-corrected chi connectivity index (χ4v) is 2.55. The molecule has 1 fully saturated rings. The minimum atomic E-state index is 0.0492. The molecule has 2 rings (SSSR count). The van der Waals surface area contributed by atoms with Gasteiger partial charge in [0.05, 0.1) is 7.11 Å². The molecule has 0 aliphatic carbocycles. The first-order chi connectivity index (χ1) is 10.2. The van der Waals surface area contributed by atoms with Gasteiger partial charge in [0.2, 0.25) is 5.91 Å². The number of ether oxygens (including phenoxy) is 1. The normalized spacial score (nSPS) is 16.7. The molecule has 0 unspecified atom stereocenters. The maximum atomic E-state index is 10.8. The number of piperazine rings is 1. The molecule has 1 aliphatic rings. The first-order valence-electron chi connectivity index (χ1n) is 7.49. The Morgan fingerprint density at radius 1 is 1.14 bits per heavy atom. The van der Waals surface area contributed by atoms with Crippen LogP contribution < -0.4 is 10.1 Å². The van der Waals surface area contributed by atoms with E-state index in [2.05, 4.69) is 27.2 Å². The van der Waals surface area contributed by atoms with E-state index in [-0.39, 0.29) is 5.91 Å². The Balaban J connectivity index is 1.69. The van der Waals surface area contributed by atoms with Crippen molar-refractivity contribution in [2.45, 2.75) is 13.5 Å². The summed E-state index contributed by atoms with van der Waals surface area (Å²) in [4.78, 5) is 15.7. The summed E-state index contributed by atoms with van der Waals surface area (Å²) in [5.41, 5.74) is 1.32. The molecular formula is C16H25N3O2. The molecule has 0 saturated carbocycles. The van der Waals surface area contributed by atoms with Gasteiger partial charge in [-0.3, -0.25) is 14.6 Å². The molecule has 0 radical (unpaired) electrons. The standard InChI is InChI=1S/C16H25N3O2/c1-14(20)17-7-8-18-9-11-19(12-10-18)13-15-3-5-16(21-2)6-4-15/h3-6H,7-13H2,1-2H3,(H,17,20). The van der Waals surface area contributed by atoms with E-state index in [9.17, 15) is 4.79 Å². The monoisotopic (exact) mass is 291 g/mol. The summed E-state index contributed by atoms with van der Waals surface area (Å²) in [7, 11) is 1.69. The molecule has 21 heavy (non-hydrogen) atoms. The third-order valence-corrected chi connectivity index (χ3v) is 3.83. The average molecular weight is 291 g/mol. The number of methoxy groups -OCH3 is 1. The molecule has 5 heteroatoms. The zero-order chi connectivity index (χ0) is 15.1. The highest BCUT2D eigenvalue weighted by Crippen LogP contribution is 2.14.